The monoisotopic (exact) mass is 343 g/mol. The van der Waals surface area contributed by atoms with Crippen molar-refractivity contribution in [1.29, 1.82) is 5.26 Å². The summed E-state index contributed by atoms with van der Waals surface area (Å²) in [5.74, 6) is 0. The van der Waals surface area contributed by atoms with Gasteiger partial charge in [-0.3, -0.25) is 4.79 Å². The second-order valence-electron chi connectivity index (χ2n) is 5.05. The predicted octanol–water partition coefficient (Wildman–Crippen LogP) is 4.44. The molecule has 0 aliphatic heterocycles. The number of ether oxygens (including phenoxy) is 1. The van der Waals surface area contributed by atoms with Gasteiger partial charge in [0.15, 0.2) is 10.7 Å². The average molecular weight is 343 g/mol. The third-order valence-corrected chi connectivity index (χ3v) is 3.22. The molecule has 0 saturated carbocycles. The minimum atomic E-state index is -0.868. The maximum absolute atomic E-state index is 10.5. The number of nitriles is 1. The van der Waals surface area contributed by atoms with Crippen molar-refractivity contribution in [2.45, 2.75) is 19.4 Å². The number of thiocarbonyl (C=S) groups is 1. The van der Waals surface area contributed by atoms with E-state index in [0.717, 1.165) is 5.56 Å². The van der Waals surface area contributed by atoms with Crippen LogP contribution in [-0.2, 0) is 4.74 Å². The lowest BCUT2D eigenvalue weighted by Crippen LogP contribution is -2.25. The molecule has 0 bridgehead atoms. The van der Waals surface area contributed by atoms with Crippen LogP contribution in [0, 0.1) is 11.3 Å². The molecule has 0 heterocycles. The Labute approximate surface area is 147 Å². The van der Waals surface area contributed by atoms with Crippen LogP contribution < -0.4 is 0 Å². The number of carbonyl (C=O) groups is 1. The fourth-order valence-electron chi connectivity index (χ4n) is 1.47. The Morgan fingerprint density at radius 3 is 1.83 bits per heavy atom. The van der Waals surface area contributed by atoms with Crippen LogP contribution in [0.25, 0.3) is 0 Å². The molecule has 0 aliphatic carbocycles. The van der Waals surface area contributed by atoms with Gasteiger partial charge in [-0.2, -0.15) is 5.26 Å². The van der Waals surface area contributed by atoms with Gasteiger partial charge in [-0.05, 0) is 26.1 Å². The van der Waals surface area contributed by atoms with Crippen LogP contribution in [0.4, 0.5) is 0 Å². The Morgan fingerprint density at radius 1 is 1.04 bits per heavy atom. The first-order chi connectivity index (χ1) is 10.9. The normalized spacial score (nSPS) is 9.83. The van der Waals surface area contributed by atoms with E-state index in [2.05, 4.69) is 12.6 Å². The third-order valence-electron chi connectivity index (χ3n) is 2.65. The van der Waals surface area contributed by atoms with E-state index in [0.29, 0.717) is 10.6 Å². The Balaban J connectivity index is 0.000000253. The molecule has 0 aliphatic rings. The lowest BCUT2D eigenvalue weighted by molar-refractivity contribution is 0.109. The van der Waals surface area contributed by atoms with Gasteiger partial charge < -0.3 is 4.74 Å². The maximum atomic E-state index is 10.5. The molecule has 0 amide bonds. The summed E-state index contributed by atoms with van der Waals surface area (Å²) in [7, 11) is 0. The molecule has 0 saturated heterocycles. The predicted molar refractivity (Wildman–Crippen MR) is 98.7 cm³/mol. The van der Waals surface area contributed by atoms with Crippen LogP contribution in [0.1, 0.15) is 29.8 Å². The van der Waals surface area contributed by atoms with Crippen molar-refractivity contribution < 1.29 is 9.53 Å². The van der Waals surface area contributed by atoms with Crippen molar-refractivity contribution in [3.05, 3.63) is 71.8 Å². The number of hydrogen-bond donors (Lipinski definition) is 1. The fraction of sp³-hybridized carbons (Fsp3) is 0.167. The Morgan fingerprint density at radius 2 is 1.48 bits per heavy atom. The van der Waals surface area contributed by atoms with E-state index in [1.807, 2.05) is 54.6 Å². The molecule has 2 aromatic carbocycles. The van der Waals surface area contributed by atoms with Crippen molar-refractivity contribution in [2.24, 2.45) is 0 Å². The van der Waals surface area contributed by atoms with Crippen LogP contribution >= 0.6 is 24.8 Å². The first-order valence-corrected chi connectivity index (χ1v) is 7.69. The molecular formula is C18H17NO2S2. The smallest absolute Gasteiger partial charge is 0.216 e. The van der Waals surface area contributed by atoms with E-state index in [1.165, 1.54) is 0 Å². The van der Waals surface area contributed by atoms with Crippen LogP contribution in [0.2, 0.25) is 0 Å². The van der Waals surface area contributed by atoms with Crippen LogP contribution in [0.15, 0.2) is 60.7 Å². The van der Waals surface area contributed by atoms with Crippen LogP contribution in [0.3, 0.4) is 0 Å². The molecule has 0 fully saturated rings. The van der Waals surface area contributed by atoms with Gasteiger partial charge in [0.2, 0.25) is 5.12 Å². The molecule has 3 nitrogen and oxygen atoms in total. The van der Waals surface area contributed by atoms with E-state index in [9.17, 15) is 4.79 Å². The largest absolute Gasteiger partial charge is 0.462 e. The van der Waals surface area contributed by atoms with Gasteiger partial charge in [0.1, 0.15) is 6.07 Å². The summed E-state index contributed by atoms with van der Waals surface area (Å²) in [4.78, 5) is 10.5. The molecular weight excluding hydrogens is 326 g/mol. The SMILES string of the molecule is CC(C)(C#N)OC(=S)c1ccccc1.O=C(S)c1ccccc1. The summed E-state index contributed by atoms with van der Waals surface area (Å²) in [6, 6.07) is 20.4. The van der Waals surface area contributed by atoms with E-state index in [1.54, 1.807) is 26.0 Å². The molecule has 0 radical (unpaired) electrons. The first kappa shape index (κ1) is 18.9. The number of thiol groups is 1. The molecule has 0 spiro atoms. The minimum Gasteiger partial charge on any atom is -0.462 e. The summed E-state index contributed by atoms with van der Waals surface area (Å²) in [6.45, 7) is 3.37. The standard InChI is InChI=1S/C11H11NOS.C7H6OS/c1-11(2,8-12)13-10(14)9-6-4-3-5-7-9;8-7(9)6-4-2-1-3-5-6/h3-7H,1-2H3;1-5H,(H,8,9). The summed E-state index contributed by atoms with van der Waals surface area (Å²) < 4.78 is 5.34. The summed E-state index contributed by atoms with van der Waals surface area (Å²) in [5, 5.41) is 8.93. The zero-order chi connectivity index (χ0) is 17.3. The van der Waals surface area contributed by atoms with Crippen molar-refractivity contribution >= 4 is 35.0 Å². The van der Waals surface area contributed by atoms with Crippen LogP contribution in [-0.4, -0.2) is 15.8 Å². The van der Waals surface area contributed by atoms with Gasteiger partial charge in [0.05, 0.1) is 0 Å². The molecule has 0 unspecified atom stereocenters. The Kier molecular flexibility index (Phi) is 7.46. The highest BCUT2D eigenvalue weighted by Crippen LogP contribution is 2.12. The number of rotatable bonds is 3. The van der Waals surface area contributed by atoms with Crippen molar-refractivity contribution in [2.75, 3.05) is 0 Å². The van der Waals surface area contributed by atoms with Crippen molar-refractivity contribution in [1.82, 2.24) is 0 Å². The summed E-state index contributed by atoms with van der Waals surface area (Å²) in [5.41, 5.74) is 0.596. The minimum absolute atomic E-state index is 0.185. The van der Waals surface area contributed by atoms with Gasteiger partial charge in [-0.25, -0.2) is 0 Å². The molecule has 23 heavy (non-hydrogen) atoms. The van der Waals surface area contributed by atoms with Crippen molar-refractivity contribution in [3.63, 3.8) is 0 Å². The zero-order valence-corrected chi connectivity index (χ0v) is 14.6. The average Bonchev–Trinajstić information content (AvgIpc) is 2.56. The molecule has 5 heteroatoms. The second kappa shape index (κ2) is 9.09. The molecule has 0 atom stereocenters. The van der Waals surface area contributed by atoms with Crippen LogP contribution in [0.5, 0.6) is 0 Å². The van der Waals surface area contributed by atoms with E-state index >= 15 is 0 Å². The number of hydrogen-bond acceptors (Lipinski definition) is 4. The Bertz CT molecular complexity index is 692. The number of benzene rings is 2. The van der Waals surface area contributed by atoms with Gasteiger partial charge >= 0.3 is 0 Å². The van der Waals surface area contributed by atoms with E-state index < -0.39 is 5.60 Å². The molecule has 0 aromatic heterocycles. The molecule has 2 aromatic rings. The molecule has 118 valence electrons. The first-order valence-electron chi connectivity index (χ1n) is 6.84. The lowest BCUT2D eigenvalue weighted by atomic mass is 10.1. The van der Waals surface area contributed by atoms with Gasteiger partial charge in [0, 0.05) is 11.1 Å². The van der Waals surface area contributed by atoms with Gasteiger partial charge in [-0.1, -0.05) is 60.7 Å². The van der Waals surface area contributed by atoms with Gasteiger partial charge in [0.25, 0.3) is 0 Å². The van der Waals surface area contributed by atoms with E-state index in [-0.39, 0.29) is 5.12 Å². The highest BCUT2D eigenvalue weighted by molar-refractivity contribution is 7.97. The number of carbonyl (C=O) groups excluding carboxylic acids is 1. The maximum Gasteiger partial charge on any atom is 0.216 e. The van der Waals surface area contributed by atoms with Gasteiger partial charge in [-0.15, -0.1) is 12.6 Å². The summed E-state index contributed by atoms with van der Waals surface area (Å²) >= 11 is 8.71. The Hall–Kier alpha value is -2.16. The highest BCUT2D eigenvalue weighted by atomic mass is 32.1. The number of nitrogens with zero attached hydrogens (tertiary/aromatic N) is 1. The molecule has 2 rings (SSSR count). The topological polar surface area (TPSA) is 50.1 Å². The summed E-state index contributed by atoms with van der Waals surface area (Å²) in [6.07, 6.45) is 0. The van der Waals surface area contributed by atoms with Crippen molar-refractivity contribution in [3.8, 4) is 6.07 Å². The highest BCUT2D eigenvalue weighted by Gasteiger charge is 2.20. The quantitative estimate of drug-likeness (QED) is 0.661. The molecule has 0 N–H and O–H groups in total. The van der Waals surface area contributed by atoms with E-state index in [4.69, 9.17) is 22.2 Å². The second-order valence-corrected chi connectivity index (χ2v) is 5.83. The fourth-order valence-corrected chi connectivity index (χ4v) is 1.96. The zero-order valence-electron chi connectivity index (χ0n) is 12.9. The lowest BCUT2D eigenvalue weighted by Gasteiger charge is -2.18. The third kappa shape index (κ3) is 7.09.